The highest BCUT2D eigenvalue weighted by atomic mass is 16.5. The van der Waals surface area contributed by atoms with Gasteiger partial charge in [0.05, 0.1) is 19.6 Å². The molecule has 0 unspecified atom stereocenters. The van der Waals surface area contributed by atoms with Crippen molar-refractivity contribution in [1.82, 2.24) is 19.6 Å². The highest BCUT2D eigenvalue weighted by Crippen LogP contribution is 2.01. The summed E-state index contributed by atoms with van der Waals surface area (Å²) in [6.07, 6.45) is 0. The molecule has 0 bridgehead atoms. The Morgan fingerprint density at radius 3 is 1.18 bits per heavy atom. The molecule has 0 amide bonds. The van der Waals surface area contributed by atoms with Crippen LogP contribution in [0.1, 0.15) is 0 Å². The maximum Gasteiger partial charge on any atom is 0.317 e. The Bertz CT molecular complexity index is 501. The lowest BCUT2D eigenvalue weighted by Gasteiger charge is -2.32. The normalized spacial score (nSPS) is 19.3. The Morgan fingerprint density at radius 2 is 0.929 bits per heavy atom. The van der Waals surface area contributed by atoms with Crippen molar-refractivity contribution in [2.45, 2.75) is 0 Å². The fourth-order valence-corrected chi connectivity index (χ4v) is 2.89. The van der Waals surface area contributed by atoms with Gasteiger partial charge < -0.3 is 20.1 Å². The van der Waals surface area contributed by atoms with E-state index >= 15 is 0 Å². The van der Waals surface area contributed by atoms with E-state index < -0.39 is 17.9 Å². The fourth-order valence-electron chi connectivity index (χ4n) is 2.89. The minimum Gasteiger partial charge on any atom is -0.480 e. The molecular formula is C16H28N4O8. The molecule has 0 radical (unpaired) electrons. The zero-order valence-corrected chi connectivity index (χ0v) is 15.7. The van der Waals surface area contributed by atoms with Crippen LogP contribution < -0.4 is 0 Å². The molecule has 1 aliphatic rings. The van der Waals surface area contributed by atoms with Crippen LogP contribution in [0, 0.1) is 0 Å². The van der Waals surface area contributed by atoms with Gasteiger partial charge in [0.2, 0.25) is 0 Å². The quantitative estimate of drug-likeness (QED) is 0.351. The predicted octanol–water partition coefficient (Wildman–Crippen LogP) is -2.41. The topological polar surface area (TPSA) is 151 Å². The Morgan fingerprint density at radius 1 is 0.643 bits per heavy atom. The molecule has 12 heteroatoms. The number of carbonyl (C=O) groups is 4. The molecule has 0 aromatic carbocycles. The summed E-state index contributed by atoms with van der Waals surface area (Å²) < 4.78 is 4.79. The second-order valence-electron chi connectivity index (χ2n) is 6.52. The maximum atomic E-state index is 11.1. The van der Waals surface area contributed by atoms with Crippen molar-refractivity contribution in [3.63, 3.8) is 0 Å². The molecule has 0 aliphatic carbocycles. The third-order valence-electron chi connectivity index (χ3n) is 4.33. The first-order chi connectivity index (χ1) is 13.3. The van der Waals surface area contributed by atoms with E-state index in [1.165, 1.54) is 0 Å². The number of ether oxygens (including phenoxy) is 1. The van der Waals surface area contributed by atoms with Crippen molar-refractivity contribution < 1.29 is 39.2 Å². The molecule has 0 saturated carbocycles. The van der Waals surface area contributed by atoms with Gasteiger partial charge in [-0.25, -0.2) is 0 Å². The molecular weight excluding hydrogens is 376 g/mol. The van der Waals surface area contributed by atoms with Crippen molar-refractivity contribution in [1.29, 1.82) is 0 Å². The molecule has 3 N–H and O–H groups in total. The van der Waals surface area contributed by atoms with Gasteiger partial charge in [0.15, 0.2) is 0 Å². The van der Waals surface area contributed by atoms with Crippen LogP contribution in [0.4, 0.5) is 0 Å². The first kappa shape index (κ1) is 23.8. The molecule has 1 heterocycles. The van der Waals surface area contributed by atoms with Gasteiger partial charge in [0, 0.05) is 52.4 Å². The molecule has 1 saturated heterocycles. The monoisotopic (exact) mass is 404 g/mol. The zero-order chi connectivity index (χ0) is 20.9. The maximum absolute atomic E-state index is 11.1. The number of hydrogen-bond donors (Lipinski definition) is 3. The first-order valence-electron chi connectivity index (χ1n) is 8.90. The van der Waals surface area contributed by atoms with Crippen molar-refractivity contribution in [3.05, 3.63) is 0 Å². The molecule has 160 valence electrons. The molecule has 12 nitrogen and oxygen atoms in total. The summed E-state index contributed by atoms with van der Waals surface area (Å²) in [6.45, 7) is 2.74. The minimum absolute atomic E-state index is 0.0243. The number of rotatable bonds is 9. The zero-order valence-electron chi connectivity index (χ0n) is 15.7. The van der Waals surface area contributed by atoms with Crippen LogP contribution in [0.2, 0.25) is 0 Å². The van der Waals surface area contributed by atoms with Gasteiger partial charge in [-0.3, -0.25) is 38.8 Å². The van der Waals surface area contributed by atoms with Crippen LogP contribution in [0.15, 0.2) is 0 Å². The Labute approximate surface area is 162 Å². The Kier molecular flexibility index (Phi) is 11.0. The predicted molar refractivity (Wildman–Crippen MR) is 95.8 cm³/mol. The van der Waals surface area contributed by atoms with Gasteiger partial charge in [0.25, 0.3) is 6.47 Å². The fraction of sp³-hybridized carbons (Fsp3) is 0.750. The number of aliphatic carboxylic acids is 3. The Hall–Kier alpha value is -2.28. The van der Waals surface area contributed by atoms with Crippen LogP contribution in [0.3, 0.4) is 0 Å². The molecule has 1 fully saturated rings. The summed E-state index contributed by atoms with van der Waals surface area (Å²) in [6, 6.07) is 0. The smallest absolute Gasteiger partial charge is 0.317 e. The minimum atomic E-state index is -1.00. The Balaban J connectivity index is 2.87. The van der Waals surface area contributed by atoms with Gasteiger partial charge in [-0.05, 0) is 0 Å². The van der Waals surface area contributed by atoms with E-state index in [1.807, 2.05) is 0 Å². The van der Waals surface area contributed by atoms with Gasteiger partial charge >= 0.3 is 17.9 Å². The highest BCUT2D eigenvalue weighted by Gasteiger charge is 2.20. The molecule has 0 atom stereocenters. The average Bonchev–Trinajstić information content (AvgIpc) is 2.59. The average molecular weight is 404 g/mol. The molecule has 0 spiro atoms. The summed E-state index contributed by atoms with van der Waals surface area (Å²) >= 11 is 0. The number of carbonyl (C=O) groups excluding carboxylic acids is 1. The number of hydrogen-bond acceptors (Lipinski definition) is 9. The number of carboxylic acids is 3. The summed E-state index contributed by atoms with van der Waals surface area (Å²) in [5, 5.41) is 27.3. The number of nitrogens with zero attached hydrogens (tertiary/aromatic N) is 4. The summed E-state index contributed by atoms with van der Waals surface area (Å²) in [5.41, 5.74) is 0. The van der Waals surface area contributed by atoms with Crippen LogP contribution in [0.5, 0.6) is 0 Å². The number of carboxylic acid groups (broad SMARTS) is 3. The van der Waals surface area contributed by atoms with E-state index in [-0.39, 0.29) is 26.4 Å². The first-order valence-corrected chi connectivity index (χ1v) is 8.90. The third kappa shape index (κ3) is 10.8. The SMILES string of the molecule is O=COCN1CCN(CC(=O)O)CCN(CC(=O)O)CCN(CC(=O)O)CC1. The van der Waals surface area contributed by atoms with Gasteiger partial charge in [-0.1, -0.05) is 0 Å². The molecule has 1 aliphatic heterocycles. The van der Waals surface area contributed by atoms with E-state index in [2.05, 4.69) is 0 Å². The lowest BCUT2D eigenvalue weighted by atomic mass is 10.3. The molecule has 0 aromatic rings. The molecule has 0 aromatic heterocycles. The van der Waals surface area contributed by atoms with Crippen molar-refractivity contribution in [2.24, 2.45) is 0 Å². The lowest BCUT2D eigenvalue weighted by molar-refractivity contribution is -0.141. The second kappa shape index (κ2) is 13.0. The largest absolute Gasteiger partial charge is 0.480 e. The van der Waals surface area contributed by atoms with Gasteiger partial charge in [-0.15, -0.1) is 0 Å². The van der Waals surface area contributed by atoms with Crippen molar-refractivity contribution in [3.8, 4) is 0 Å². The summed E-state index contributed by atoms with van der Waals surface area (Å²) in [7, 11) is 0. The molecule has 28 heavy (non-hydrogen) atoms. The van der Waals surface area contributed by atoms with E-state index in [0.717, 1.165) is 0 Å². The van der Waals surface area contributed by atoms with Crippen molar-refractivity contribution in [2.75, 3.05) is 78.7 Å². The molecule has 1 rings (SSSR count). The van der Waals surface area contributed by atoms with E-state index in [1.54, 1.807) is 19.6 Å². The summed E-state index contributed by atoms with van der Waals surface area (Å²) in [4.78, 5) is 50.7. The lowest BCUT2D eigenvalue weighted by Crippen LogP contribution is -2.48. The standard InChI is InChI=1S/C16H28N4O8/c21-13-28-12-20-7-5-18(10-15(24)25)3-1-17(9-14(22)23)2-4-19(6-8-20)11-16(26)27/h13H,1-12H2,(H,22,23)(H,24,25)(H,26,27). The van der Waals surface area contributed by atoms with E-state index in [4.69, 9.17) is 20.1 Å². The van der Waals surface area contributed by atoms with E-state index in [9.17, 15) is 19.2 Å². The van der Waals surface area contributed by atoms with Gasteiger partial charge in [-0.2, -0.15) is 0 Å². The second-order valence-corrected chi connectivity index (χ2v) is 6.52. The summed E-state index contributed by atoms with van der Waals surface area (Å²) in [5.74, 6) is -2.97. The van der Waals surface area contributed by atoms with Crippen molar-refractivity contribution >= 4 is 24.4 Å². The van der Waals surface area contributed by atoms with Crippen LogP contribution >= 0.6 is 0 Å². The van der Waals surface area contributed by atoms with Gasteiger partial charge in [0.1, 0.15) is 6.73 Å². The van der Waals surface area contributed by atoms with Crippen LogP contribution in [-0.4, -0.2) is 138 Å². The van der Waals surface area contributed by atoms with Crippen LogP contribution in [0.25, 0.3) is 0 Å². The van der Waals surface area contributed by atoms with E-state index in [0.29, 0.717) is 58.8 Å². The highest BCUT2D eigenvalue weighted by molar-refractivity contribution is 5.69. The van der Waals surface area contributed by atoms with Crippen LogP contribution in [-0.2, 0) is 23.9 Å². The third-order valence-corrected chi connectivity index (χ3v) is 4.33.